The SMILES string of the molecule is CCOc1cc(/C=C2\SC(=O)N(CCOc3cc(C)ccc3C)C2=O)ccc1OCCOc1ccccc1. The van der Waals surface area contributed by atoms with Crippen LogP contribution in [0.1, 0.15) is 23.6 Å². The summed E-state index contributed by atoms with van der Waals surface area (Å²) in [5.41, 5.74) is 2.83. The Balaban J connectivity index is 1.36. The molecule has 0 radical (unpaired) electrons. The van der Waals surface area contributed by atoms with E-state index in [1.807, 2.05) is 75.4 Å². The highest BCUT2D eigenvalue weighted by molar-refractivity contribution is 8.18. The summed E-state index contributed by atoms with van der Waals surface area (Å²) in [4.78, 5) is 27.1. The molecular weight excluding hydrogens is 502 g/mol. The fourth-order valence-electron chi connectivity index (χ4n) is 3.78. The zero-order valence-corrected chi connectivity index (χ0v) is 22.6. The van der Waals surface area contributed by atoms with E-state index in [0.717, 1.165) is 40.0 Å². The molecule has 0 atom stereocenters. The second-order valence-electron chi connectivity index (χ2n) is 8.60. The van der Waals surface area contributed by atoms with Crippen LogP contribution in [-0.2, 0) is 4.79 Å². The number of amides is 2. The summed E-state index contributed by atoms with van der Waals surface area (Å²) >= 11 is 0.921. The minimum Gasteiger partial charge on any atom is -0.491 e. The molecule has 0 saturated carbocycles. The third-order valence-corrected chi connectivity index (χ3v) is 6.62. The fourth-order valence-corrected chi connectivity index (χ4v) is 4.65. The van der Waals surface area contributed by atoms with Crippen molar-refractivity contribution in [3.05, 3.63) is 88.3 Å². The monoisotopic (exact) mass is 533 g/mol. The maximum atomic E-state index is 12.9. The van der Waals surface area contributed by atoms with Crippen molar-refractivity contribution in [1.29, 1.82) is 0 Å². The summed E-state index contributed by atoms with van der Waals surface area (Å²) < 4.78 is 23.1. The molecule has 38 heavy (non-hydrogen) atoms. The third-order valence-electron chi connectivity index (χ3n) is 5.71. The Morgan fingerprint density at radius 2 is 1.55 bits per heavy atom. The van der Waals surface area contributed by atoms with Gasteiger partial charge in [-0.25, -0.2) is 0 Å². The molecule has 0 aliphatic carbocycles. The van der Waals surface area contributed by atoms with Gasteiger partial charge in [-0.15, -0.1) is 0 Å². The zero-order valence-electron chi connectivity index (χ0n) is 21.8. The van der Waals surface area contributed by atoms with Gasteiger partial charge in [0.2, 0.25) is 0 Å². The number of imide groups is 1. The van der Waals surface area contributed by atoms with Crippen molar-refractivity contribution in [2.75, 3.05) is 33.0 Å². The Bertz CT molecular complexity index is 1310. The number of thioether (sulfide) groups is 1. The first-order valence-electron chi connectivity index (χ1n) is 12.5. The van der Waals surface area contributed by atoms with Gasteiger partial charge in [0.15, 0.2) is 11.5 Å². The molecule has 8 heteroatoms. The van der Waals surface area contributed by atoms with Crippen molar-refractivity contribution in [3.8, 4) is 23.0 Å². The summed E-state index contributed by atoms with van der Waals surface area (Å²) in [6.45, 7) is 7.43. The van der Waals surface area contributed by atoms with Crippen LogP contribution in [0.15, 0.2) is 71.6 Å². The molecule has 1 aliphatic heterocycles. The van der Waals surface area contributed by atoms with Gasteiger partial charge in [-0.05, 0) is 85.6 Å². The van der Waals surface area contributed by atoms with Gasteiger partial charge in [0.1, 0.15) is 31.3 Å². The lowest BCUT2D eigenvalue weighted by atomic mass is 10.1. The molecule has 0 N–H and O–H groups in total. The molecule has 1 saturated heterocycles. The average molecular weight is 534 g/mol. The maximum absolute atomic E-state index is 12.9. The van der Waals surface area contributed by atoms with Crippen molar-refractivity contribution < 1.29 is 28.5 Å². The minimum atomic E-state index is -0.332. The normalized spacial score (nSPS) is 14.2. The summed E-state index contributed by atoms with van der Waals surface area (Å²) in [6.07, 6.45) is 1.70. The highest BCUT2D eigenvalue weighted by Crippen LogP contribution is 2.34. The lowest BCUT2D eigenvalue weighted by Crippen LogP contribution is -2.32. The Morgan fingerprint density at radius 1 is 0.789 bits per heavy atom. The van der Waals surface area contributed by atoms with Crippen molar-refractivity contribution in [3.63, 3.8) is 0 Å². The van der Waals surface area contributed by atoms with E-state index in [1.54, 1.807) is 18.2 Å². The Kier molecular flexibility index (Phi) is 9.32. The number of para-hydroxylation sites is 1. The number of aryl methyl sites for hydroxylation is 2. The van der Waals surface area contributed by atoms with Gasteiger partial charge in [-0.1, -0.05) is 36.4 Å². The van der Waals surface area contributed by atoms with E-state index in [-0.39, 0.29) is 24.3 Å². The van der Waals surface area contributed by atoms with Crippen LogP contribution in [-0.4, -0.2) is 49.0 Å². The first-order chi connectivity index (χ1) is 18.4. The molecule has 1 heterocycles. The van der Waals surface area contributed by atoms with Crippen molar-refractivity contribution in [1.82, 2.24) is 4.90 Å². The lowest BCUT2D eigenvalue weighted by molar-refractivity contribution is -0.123. The first-order valence-corrected chi connectivity index (χ1v) is 13.3. The summed E-state index contributed by atoms with van der Waals surface area (Å²) in [7, 11) is 0. The molecule has 0 unspecified atom stereocenters. The van der Waals surface area contributed by atoms with Crippen LogP contribution < -0.4 is 18.9 Å². The van der Waals surface area contributed by atoms with Crippen LogP contribution in [0.5, 0.6) is 23.0 Å². The molecule has 1 aliphatic rings. The number of benzene rings is 3. The van der Waals surface area contributed by atoms with Gasteiger partial charge in [-0.3, -0.25) is 14.5 Å². The topological polar surface area (TPSA) is 74.3 Å². The Labute approximate surface area is 227 Å². The molecule has 3 aromatic rings. The van der Waals surface area contributed by atoms with Crippen LogP contribution in [0.4, 0.5) is 4.79 Å². The molecule has 0 aromatic heterocycles. The van der Waals surface area contributed by atoms with Crippen LogP contribution in [0.3, 0.4) is 0 Å². The number of ether oxygens (including phenoxy) is 4. The van der Waals surface area contributed by atoms with Gasteiger partial charge in [0, 0.05) is 0 Å². The van der Waals surface area contributed by atoms with E-state index >= 15 is 0 Å². The van der Waals surface area contributed by atoms with Crippen molar-refractivity contribution in [2.24, 2.45) is 0 Å². The zero-order chi connectivity index (χ0) is 26.9. The number of rotatable bonds is 12. The summed E-state index contributed by atoms with van der Waals surface area (Å²) in [5.74, 6) is 2.34. The predicted molar refractivity (Wildman–Crippen MR) is 149 cm³/mol. The largest absolute Gasteiger partial charge is 0.491 e. The number of carbonyl (C=O) groups is 2. The van der Waals surface area contributed by atoms with E-state index in [2.05, 4.69) is 0 Å². The van der Waals surface area contributed by atoms with Crippen LogP contribution >= 0.6 is 11.8 Å². The maximum Gasteiger partial charge on any atom is 0.293 e. The quantitative estimate of drug-likeness (QED) is 0.200. The Morgan fingerprint density at radius 3 is 2.34 bits per heavy atom. The number of nitrogens with zero attached hydrogens (tertiary/aromatic N) is 1. The molecule has 7 nitrogen and oxygen atoms in total. The number of hydrogen-bond acceptors (Lipinski definition) is 7. The van der Waals surface area contributed by atoms with E-state index < -0.39 is 0 Å². The molecule has 4 rings (SSSR count). The third kappa shape index (κ3) is 7.10. The van der Waals surface area contributed by atoms with Gasteiger partial charge >= 0.3 is 0 Å². The van der Waals surface area contributed by atoms with Crippen molar-refractivity contribution in [2.45, 2.75) is 20.8 Å². The molecule has 0 spiro atoms. The highest BCUT2D eigenvalue weighted by atomic mass is 32.2. The van der Waals surface area contributed by atoms with Crippen LogP contribution in [0.25, 0.3) is 6.08 Å². The molecule has 198 valence electrons. The second-order valence-corrected chi connectivity index (χ2v) is 9.59. The predicted octanol–water partition coefficient (Wildman–Crippen LogP) is 6.28. The molecular formula is C30H31NO6S. The lowest BCUT2D eigenvalue weighted by Gasteiger charge is -2.15. The van der Waals surface area contributed by atoms with Gasteiger partial charge < -0.3 is 18.9 Å². The average Bonchev–Trinajstić information content (AvgIpc) is 3.17. The molecule has 3 aromatic carbocycles. The van der Waals surface area contributed by atoms with Crippen LogP contribution in [0.2, 0.25) is 0 Å². The molecule has 1 fully saturated rings. The van der Waals surface area contributed by atoms with Crippen LogP contribution in [0, 0.1) is 13.8 Å². The van der Waals surface area contributed by atoms with Gasteiger partial charge in [-0.2, -0.15) is 0 Å². The molecule has 0 bridgehead atoms. The second kappa shape index (κ2) is 13.1. The standard InChI is InChI=1S/C30H31NO6S/c1-4-34-27-19-23(12-13-25(27)37-17-16-35-24-8-6-5-7-9-24)20-28-29(32)31(30(33)38-28)14-15-36-26-18-21(2)10-11-22(26)3/h5-13,18-20H,4,14-17H2,1-3H3/b28-20-. The van der Waals surface area contributed by atoms with E-state index in [4.69, 9.17) is 18.9 Å². The van der Waals surface area contributed by atoms with Crippen molar-refractivity contribution >= 4 is 29.0 Å². The van der Waals surface area contributed by atoms with Gasteiger partial charge in [0.25, 0.3) is 11.1 Å². The highest BCUT2D eigenvalue weighted by Gasteiger charge is 2.34. The van der Waals surface area contributed by atoms with E-state index in [0.29, 0.717) is 36.2 Å². The van der Waals surface area contributed by atoms with E-state index in [1.165, 1.54) is 4.90 Å². The Hall–Kier alpha value is -3.91. The van der Waals surface area contributed by atoms with E-state index in [9.17, 15) is 9.59 Å². The molecule has 2 amide bonds. The summed E-state index contributed by atoms with van der Waals surface area (Å²) in [5, 5.41) is -0.311. The number of hydrogen-bond donors (Lipinski definition) is 0. The van der Waals surface area contributed by atoms with Gasteiger partial charge in [0.05, 0.1) is 18.1 Å². The smallest absolute Gasteiger partial charge is 0.293 e. The summed E-state index contributed by atoms with van der Waals surface area (Å²) in [6, 6.07) is 20.9. The minimum absolute atomic E-state index is 0.178. The first kappa shape index (κ1) is 27.1. The number of carbonyl (C=O) groups excluding carboxylic acids is 2. The fraction of sp³-hybridized carbons (Fsp3) is 0.267.